The van der Waals surface area contributed by atoms with Crippen molar-refractivity contribution < 1.29 is 9.18 Å². The molecule has 0 aliphatic rings. The van der Waals surface area contributed by atoms with Crippen molar-refractivity contribution in [3.05, 3.63) is 73.2 Å². The van der Waals surface area contributed by atoms with Crippen LogP contribution in [0, 0.1) is 5.82 Å². The molecule has 1 aromatic carbocycles. The smallest absolute Gasteiger partial charge is 0.224 e. The predicted molar refractivity (Wildman–Crippen MR) is 134 cm³/mol. The molecule has 0 bridgehead atoms. The van der Waals surface area contributed by atoms with E-state index in [1.807, 2.05) is 18.2 Å². The molecule has 1 amide bonds. The maximum Gasteiger partial charge on any atom is 0.224 e. The molecule has 0 aliphatic heterocycles. The number of benzene rings is 1. The van der Waals surface area contributed by atoms with E-state index in [1.54, 1.807) is 43.8 Å². The van der Waals surface area contributed by atoms with Crippen LogP contribution in [0.5, 0.6) is 0 Å². The second kappa shape index (κ2) is 8.66. The molecule has 6 aromatic rings. The average molecular weight is 478 g/mol. The van der Waals surface area contributed by atoms with Gasteiger partial charge in [0.2, 0.25) is 5.91 Å². The minimum atomic E-state index is -0.438. The molecule has 6 rings (SSSR count). The molecule has 0 saturated heterocycles. The van der Waals surface area contributed by atoms with E-state index in [2.05, 4.69) is 35.5 Å². The van der Waals surface area contributed by atoms with Crippen molar-refractivity contribution >= 4 is 33.5 Å². The number of hydrogen-bond donors (Lipinski definition) is 3. The maximum atomic E-state index is 15.1. The second-order valence-corrected chi connectivity index (χ2v) is 8.19. The highest BCUT2D eigenvalue weighted by atomic mass is 19.1. The lowest BCUT2D eigenvalue weighted by Gasteiger charge is -2.08. The number of anilines is 1. The lowest BCUT2D eigenvalue weighted by Crippen LogP contribution is -2.09. The fourth-order valence-corrected chi connectivity index (χ4v) is 4.11. The van der Waals surface area contributed by atoms with E-state index in [0.717, 1.165) is 16.8 Å². The molecule has 0 unspecified atom stereocenters. The highest BCUT2D eigenvalue weighted by Gasteiger charge is 2.18. The van der Waals surface area contributed by atoms with Crippen LogP contribution in [0.1, 0.15) is 13.3 Å². The van der Waals surface area contributed by atoms with E-state index in [9.17, 15) is 4.79 Å². The van der Waals surface area contributed by atoms with Crippen molar-refractivity contribution in [2.75, 3.05) is 5.32 Å². The molecule has 3 N–H and O–H groups in total. The number of imidazole rings is 1. The maximum absolute atomic E-state index is 15.1. The third-order valence-electron chi connectivity index (χ3n) is 5.88. The summed E-state index contributed by atoms with van der Waals surface area (Å²) in [5.74, 6) is -0.0565. The van der Waals surface area contributed by atoms with Crippen LogP contribution in [-0.2, 0) is 4.79 Å². The summed E-state index contributed by atoms with van der Waals surface area (Å²) >= 11 is 0. The van der Waals surface area contributed by atoms with E-state index in [0.29, 0.717) is 51.2 Å². The number of pyridine rings is 3. The van der Waals surface area contributed by atoms with E-state index < -0.39 is 5.82 Å². The van der Waals surface area contributed by atoms with Gasteiger partial charge in [0, 0.05) is 59.4 Å². The molecule has 0 aliphatic carbocycles. The minimum absolute atomic E-state index is 0.146. The summed E-state index contributed by atoms with van der Waals surface area (Å²) in [6.07, 6.45) is 8.54. The normalized spacial score (nSPS) is 11.3. The highest BCUT2D eigenvalue weighted by molar-refractivity contribution is 5.98. The molecular weight excluding hydrogens is 459 g/mol. The van der Waals surface area contributed by atoms with Gasteiger partial charge in [0.05, 0.1) is 28.6 Å². The molecule has 176 valence electrons. The molecule has 36 heavy (non-hydrogen) atoms. The Bertz CT molecular complexity index is 1740. The predicted octanol–water partition coefficient (Wildman–Crippen LogP) is 5.11. The Morgan fingerprint density at radius 2 is 1.83 bits per heavy atom. The fourth-order valence-electron chi connectivity index (χ4n) is 4.11. The molecule has 5 aromatic heterocycles. The molecule has 0 radical (unpaired) electrons. The van der Waals surface area contributed by atoms with Gasteiger partial charge in [0.1, 0.15) is 17.0 Å². The van der Waals surface area contributed by atoms with E-state index >= 15 is 4.39 Å². The van der Waals surface area contributed by atoms with E-state index in [-0.39, 0.29) is 5.91 Å². The number of amides is 1. The zero-order valence-corrected chi connectivity index (χ0v) is 19.1. The molecule has 9 nitrogen and oxygen atoms in total. The lowest BCUT2D eigenvalue weighted by molar-refractivity contribution is -0.115. The van der Waals surface area contributed by atoms with Gasteiger partial charge in [-0.3, -0.25) is 24.8 Å². The van der Waals surface area contributed by atoms with Crippen LogP contribution in [0.2, 0.25) is 0 Å². The third kappa shape index (κ3) is 3.74. The number of nitrogens with one attached hydrogen (secondary N) is 3. The third-order valence-corrected chi connectivity index (χ3v) is 5.88. The van der Waals surface area contributed by atoms with Gasteiger partial charge in [-0.2, -0.15) is 5.10 Å². The number of aromatic nitrogens is 7. The first-order chi connectivity index (χ1) is 17.6. The quantitative estimate of drug-likeness (QED) is 0.316. The van der Waals surface area contributed by atoms with Gasteiger partial charge in [-0.1, -0.05) is 6.92 Å². The average Bonchev–Trinajstić information content (AvgIpc) is 3.52. The van der Waals surface area contributed by atoms with E-state index in [1.165, 1.54) is 12.3 Å². The van der Waals surface area contributed by atoms with Crippen LogP contribution in [0.4, 0.5) is 10.1 Å². The number of H-pyrrole nitrogens is 2. The number of rotatable bonds is 5. The van der Waals surface area contributed by atoms with Crippen LogP contribution in [0.15, 0.2) is 67.4 Å². The topological polar surface area (TPSA) is 125 Å². The van der Waals surface area contributed by atoms with Crippen LogP contribution in [-0.4, -0.2) is 41.0 Å². The lowest BCUT2D eigenvalue weighted by atomic mass is 10.0. The molecule has 0 saturated carbocycles. The van der Waals surface area contributed by atoms with Crippen molar-refractivity contribution in [2.45, 2.75) is 13.3 Å². The van der Waals surface area contributed by atoms with Crippen molar-refractivity contribution in [2.24, 2.45) is 0 Å². The first-order valence-corrected chi connectivity index (χ1v) is 11.3. The van der Waals surface area contributed by atoms with Crippen LogP contribution in [0.3, 0.4) is 0 Å². The fraction of sp³-hybridized carbons (Fsp3) is 0.0769. The number of nitrogens with zero attached hydrogens (tertiary/aromatic N) is 5. The molecule has 10 heteroatoms. The Hall–Kier alpha value is -4.99. The van der Waals surface area contributed by atoms with Crippen molar-refractivity contribution in [1.29, 1.82) is 0 Å². The Kier molecular flexibility index (Phi) is 5.18. The molecular formula is C26H19FN8O. The van der Waals surface area contributed by atoms with Gasteiger partial charge in [0.15, 0.2) is 5.82 Å². The Balaban J connectivity index is 1.46. The van der Waals surface area contributed by atoms with Crippen LogP contribution in [0.25, 0.3) is 55.8 Å². The Morgan fingerprint density at radius 1 is 0.972 bits per heavy atom. The summed E-state index contributed by atoms with van der Waals surface area (Å²) in [7, 11) is 0. The van der Waals surface area contributed by atoms with Crippen molar-refractivity contribution in [3.63, 3.8) is 0 Å². The number of halogens is 1. The summed E-state index contributed by atoms with van der Waals surface area (Å²) in [4.78, 5) is 32.6. The van der Waals surface area contributed by atoms with Gasteiger partial charge < -0.3 is 10.3 Å². The number of aromatic amines is 2. The first kappa shape index (κ1) is 21.5. The number of carbonyl (C=O) groups is 1. The van der Waals surface area contributed by atoms with E-state index in [4.69, 9.17) is 4.98 Å². The van der Waals surface area contributed by atoms with Gasteiger partial charge in [0.25, 0.3) is 0 Å². The Labute approximate surface area is 203 Å². The summed E-state index contributed by atoms with van der Waals surface area (Å²) in [6, 6.07) is 10.4. The molecule has 0 atom stereocenters. The molecule has 5 heterocycles. The summed E-state index contributed by atoms with van der Waals surface area (Å²) in [5.41, 5.74) is 5.56. The second-order valence-electron chi connectivity index (χ2n) is 8.19. The minimum Gasteiger partial charge on any atom is -0.336 e. The Morgan fingerprint density at radius 3 is 2.67 bits per heavy atom. The first-order valence-electron chi connectivity index (χ1n) is 11.3. The van der Waals surface area contributed by atoms with Crippen molar-refractivity contribution in [1.82, 2.24) is 35.1 Å². The highest BCUT2D eigenvalue weighted by Crippen LogP contribution is 2.34. The molecule has 0 spiro atoms. The van der Waals surface area contributed by atoms with Gasteiger partial charge in [-0.25, -0.2) is 9.37 Å². The van der Waals surface area contributed by atoms with Crippen LogP contribution >= 0.6 is 0 Å². The molecule has 0 fully saturated rings. The standard InChI is InChI=1S/C26H19FN8O/c1-2-22(36)31-16-9-15(12-29-13-16)17-10-18-21(11-19(17)27)34-35-24(18)26-32-20-5-8-30-23(25(20)33-26)14-3-6-28-7-4-14/h3-13H,2H2,1H3,(H,31,36)(H,32,33)(H,34,35). The zero-order chi connectivity index (χ0) is 24.6. The number of hydrogen-bond acceptors (Lipinski definition) is 6. The van der Waals surface area contributed by atoms with Crippen LogP contribution < -0.4 is 5.32 Å². The number of fused-ring (bicyclic) bond motifs is 2. The SMILES string of the molecule is CCC(=O)Nc1cncc(-c2cc3c(-c4nc5c(-c6ccncc6)nccc5[nH]4)n[nH]c3cc2F)c1. The van der Waals surface area contributed by atoms with Gasteiger partial charge in [-0.05, 0) is 30.3 Å². The number of carbonyl (C=O) groups excluding carboxylic acids is 1. The van der Waals surface area contributed by atoms with Gasteiger partial charge >= 0.3 is 0 Å². The van der Waals surface area contributed by atoms with Crippen molar-refractivity contribution in [3.8, 4) is 33.9 Å². The summed E-state index contributed by atoms with van der Waals surface area (Å²) in [6.45, 7) is 1.76. The zero-order valence-electron chi connectivity index (χ0n) is 19.1. The monoisotopic (exact) mass is 478 g/mol. The largest absolute Gasteiger partial charge is 0.336 e. The summed E-state index contributed by atoms with van der Waals surface area (Å²) < 4.78 is 15.1. The summed E-state index contributed by atoms with van der Waals surface area (Å²) in [5, 5.41) is 10.8. The van der Waals surface area contributed by atoms with Gasteiger partial charge in [-0.15, -0.1) is 0 Å².